The summed E-state index contributed by atoms with van der Waals surface area (Å²) in [6.45, 7) is 3.49. The van der Waals surface area contributed by atoms with Crippen LogP contribution in [0.15, 0.2) is 0 Å². The third-order valence-electron chi connectivity index (χ3n) is 3.18. The Labute approximate surface area is 78.1 Å². The van der Waals surface area contributed by atoms with E-state index in [-0.39, 0.29) is 5.91 Å². The van der Waals surface area contributed by atoms with Gasteiger partial charge in [-0.15, -0.1) is 0 Å². The molecule has 2 bridgehead atoms. The predicted octanol–water partition coefficient (Wildman–Crippen LogP) is 1.75. The summed E-state index contributed by atoms with van der Waals surface area (Å²) in [7, 11) is 0. The molecule has 3 heteroatoms. The van der Waals surface area contributed by atoms with Crippen molar-refractivity contribution in [3.05, 3.63) is 0 Å². The summed E-state index contributed by atoms with van der Waals surface area (Å²) in [5.74, 6) is 0.330. The number of rotatable bonds is 1. The summed E-state index contributed by atoms with van der Waals surface area (Å²) < 4.78 is 13.4. The van der Waals surface area contributed by atoms with E-state index in [4.69, 9.17) is 0 Å². The van der Waals surface area contributed by atoms with Gasteiger partial charge in [-0.3, -0.25) is 4.79 Å². The van der Waals surface area contributed by atoms with E-state index in [0.717, 1.165) is 19.4 Å². The van der Waals surface area contributed by atoms with E-state index in [9.17, 15) is 9.18 Å². The first-order chi connectivity index (χ1) is 5.98. The highest BCUT2D eigenvalue weighted by Gasteiger charge is 2.44. The standard InChI is InChI=1S/C10H16FNO/c1-10(2,11)9(13)12-6-7-3-4-8(12)5-7/h7-8H,3-6H2,1-2H3. The normalized spacial score (nSPS) is 32.7. The van der Waals surface area contributed by atoms with Crippen LogP contribution in [0.25, 0.3) is 0 Å². The van der Waals surface area contributed by atoms with Gasteiger partial charge in [-0.25, -0.2) is 4.39 Å². The molecule has 0 aromatic heterocycles. The smallest absolute Gasteiger partial charge is 0.259 e. The number of fused-ring (bicyclic) bond motifs is 2. The molecule has 1 saturated heterocycles. The van der Waals surface area contributed by atoms with E-state index in [0.29, 0.717) is 12.0 Å². The van der Waals surface area contributed by atoms with Gasteiger partial charge in [-0.05, 0) is 39.0 Å². The SMILES string of the molecule is CC(C)(F)C(=O)N1CC2CCC1C2. The summed E-state index contributed by atoms with van der Waals surface area (Å²) in [5.41, 5.74) is -1.69. The second-order valence-corrected chi connectivity index (χ2v) is 4.76. The summed E-state index contributed by atoms with van der Waals surface area (Å²) >= 11 is 0. The van der Waals surface area contributed by atoms with Crippen molar-refractivity contribution < 1.29 is 9.18 Å². The van der Waals surface area contributed by atoms with Gasteiger partial charge in [0.15, 0.2) is 5.67 Å². The van der Waals surface area contributed by atoms with Crippen LogP contribution >= 0.6 is 0 Å². The second kappa shape index (κ2) is 2.69. The van der Waals surface area contributed by atoms with Crippen molar-refractivity contribution in [2.45, 2.75) is 44.8 Å². The minimum Gasteiger partial charge on any atom is -0.337 e. The van der Waals surface area contributed by atoms with Crippen molar-refractivity contribution >= 4 is 5.91 Å². The van der Waals surface area contributed by atoms with Crippen molar-refractivity contribution in [2.24, 2.45) is 5.92 Å². The van der Waals surface area contributed by atoms with Crippen LogP contribution in [0.3, 0.4) is 0 Å². The zero-order valence-corrected chi connectivity index (χ0v) is 8.22. The van der Waals surface area contributed by atoms with Crippen LogP contribution in [0.2, 0.25) is 0 Å². The molecule has 0 aromatic carbocycles. The first-order valence-corrected chi connectivity index (χ1v) is 4.98. The molecule has 13 heavy (non-hydrogen) atoms. The number of carbonyl (C=O) groups excluding carboxylic acids is 1. The molecule has 1 saturated carbocycles. The molecule has 2 fully saturated rings. The molecule has 0 aromatic rings. The zero-order chi connectivity index (χ0) is 9.64. The molecule has 1 amide bonds. The third kappa shape index (κ3) is 1.45. The van der Waals surface area contributed by atoms with Gasteiger partial charge in [0.05, 0.1) is 0 Å². The topological polar surface area (TPSA) is 20.3 Å². The van der Waals surface area contributed by atoms with E-state index in [2.05, 4.69) is 0 Å². The average molecular weight is 185 g/mol. The minimum absolute atomic E-state index is 0.320. The fourth-order valence-electron chi connectivity index (χ4n) is 2.51. The van der Waals surface area contributed by atoms with Crippen molar-refractivity contribution in [1.82, 2.24) is 4.90 Å². The van der Waals surface area contributed by atoms with Gasteiger partial charge in [0.1, 0.15) is 0 Å². The lowest BCUT2D eigenvalue weighted by molar-refractivity contribution is -0.143. The van der Waals surface area contributed by atoms with Gasteiger partial charge >= 0.3 is 0 Å². The van der Waals surface area contributed by atoms with Crippen LogP contribution in [0.4, 0.5) is 4.39 Å². The zero-order valence-electron chi connectivity index (χ0n) is 8.22. The first-order valence-electron chi connectivity index (χ1n) is 4.98. The van der Waals surface area contributed by atoms with Crippen LogP contribution in [0.1, 0.15) is 33.1 Å². The quantitative estimate of drug-likeness (QED) is 0.609. The summed E-state index contributed by atoms with van der Waals surface area (Å²) in [5, 5.41) is 0. The Morgan fingerprint density at radius 2 is 2.15 bits per heavy atom. The van der Waals surface area contributed by atoms with Crippen molar-refractivity contribution in [1.29, 1.82) is 0 Å². The van der Waals surface area contributed by atoms with E-state index in [1.165, 1.54) is 20.3 Å². The average Bonchev–Trinajstić information content (AvgIpc) is 2.60. The maximum atomic E-state index is 13.4. The van der Waals surface area contributed by atoms with Crippen LogP contribution in [0.5, 0.6) is 0 Å². The molecule has 0 N–H and O–H groups in total. The van der Waals surface area contributed by atoms with E-state index < -0.39 is 5.67 Å². The number of alkyl halides is 1. The molecule has 2 unspecified atom stereocenters. The molecule has 2 rings (SSSR count). The molecule has 1 aliphatic heterocycles. The number of halogens is 1. The molecule has 2 atom stereocenters. The molecule has 1 heterocycles. The van der Waals surface area contributed by atoms with Gasteiger partial charge in [0.25, 0.3) is 5.91 Å². The molecule has 0 spiro atoms. The van der Waals surface area contributed by atoms with Gasteiger partial charge in [0, 0.05) is 12.6 Å². The Balaban J connectivity index is 2.07. The Bertz CT molecular complexity index is 234. The first kappa shape index (κ1) is 8.97. The lowest BCUT2D eigenvalue weighted by Crippen LogP contribution is -2.46. The van der Waals surface area contributed by atoms with Crippen LogP contribution in [-0.2, 0) is 4.79 Å². The molecule has 74 valence electrons. The van der Waals surface area contributed by atoms with Crippen LogP contribution < -0.4 is 0 Å². The summed E-state index contributed by atoms with van der Waals surface area (Å²) in [6.07, 6.45) is 3.40. The molecule has 0 radical (unpaired) electrons. The number of amides is 1. The van der Waals surface area contributed by atoms with Crippen LogP contribution in [-0.4, -0.2) is 29.1 Å². The number of nitrogens with zero attached hydrogens (tertiary/aromatic N) is 1. The predicted molar refractivity (Wildman–Crippen MR) is 48.0 cm³/mol. The second-order valence-electron chi connectivity index (χ2n) is 4.76. The molecule has 2 nitrogen and oxygen atoms in total. The highest BCUT2D eigenvalue weighted by Crippen LogP contribution is 2.38. The van der Waals surface area contributed by atoms with Gasteiger partial charge in [-0.1, -0.05) is 0 Å². The number of piperidine rings is 1. The Hall–Kier alpha value is -0.600. The molecule has 1 aliphatic carbocycles. The van der Waals surface area contributed by atoms with Gasteiger partial charge in [0.2, 0.25) is 0 Å². The Morgan fingerprint density at radius 3 is 2.54 bits per heavy atom. The van der Waals surface area contributed by atoms with E-state index in [1.54, 1.807) is 4.90 Å². The summed E-state index contributed by atoms with van der Waals surface area (Å²) in [4.78, 5) is 13.4. The van der Waals surface area contributed by atoms with Gasteiger partial charge in [-0.2, -0.15) is 0 Å². The Morgan fingerprint density at radius 1 is 1.46 bits per heavy atom. The van der Waals surface area contributed by atoms with Crippen molar-refractivity contribution in [3.8, 4) is 0 Å². The number of likely N-dealkylation sites (tertiary alicyclic amines) is 1. The number of hydrogen-bond acceptors (Lipinski definition) is 1. The fraction of sp³-hybridized carbons (Fsp3) is 0.900. The maximum absolute atomic E-state index is 13.4. The van der Waals surface area contributed by atoms with E-state index in [1.807, 2.05) is 0 Å². The third-order valence-corrected chi connectivity index (χ3v) is 3.18. The van der Waals surface area contributed by atoms with Crippen molar-refractivity contribution in [2.75, 3.05) is 6.54 Å². The molecule has 2 aliphatic rings. The van der Waals surface area contributed by atoms with Gasteiger partial charge < -0.3 is 4.90 Å². The monoisotopic (exact) mass is 185 g/mol. The van der Waals surface area contributed by atoms with E-state index >= 15 is 0 Å². The highest BCUT2D eigenvalue weighted by molar-refractivity contribution is 5.84. The minimum atomic E-state index is -1.69. The Kier molecular flexibility index (Phi) is 1.86. The lowest BCUT2D eigenvalue weighted by atomic mass is 10.1. The molecular formula is C10H16FNO. The number of carbonyl (C=O) groups is 1. The largest absolute Gasteiger partial charge is 0.337 e. The maximum Gasteiger partial charge on any atom is 0.259 e. The fourth-order valence-corrected chi connectivity index (χ4v) is 2.51. The highest BCUT2D eigenvalue weighted by atomic mass is 19.1. The van der Waals surface area contributed by atoms with Crippen LogP contribution in [0, 0.1) is 5.92 Å². The number of hydrogen-bond donors (Lipinski definition) is 0. The van der Waals surface area contributed by atoms with Crippen molar-refractivity contribution in [3.63, 3.8) is 0 Å². The molecular weight excluding hydrogens is 169 g/mol. The summed E-state index contributed by atoms with van der Waals surface area (Å²) in [6, 6.07) is 0.340. The lowest BCUT2D eigenvalue weighted by Gasteiger charge is -2.30.